The van der Waals surface area contributed by atoms with E-state index < -0.39 is 6.10 Å². The van der Waals surface area contributed by atoms with Gasteiger partial charge in [0.25, 0.3) is 0 Å². The fourth-order valence-electron chi connectivity index (χ4n) is 3.20. The second kappa shape index (κ2) is 6.84. The molecule has 1 aliphatic rings. The second-order valence-electron chi connectivity index (χ2n) is 5.80. The lowest BCUT2D eigenvalue weighted by Crippen LogP contribution is -2.36. The van der Waals surface area contributed by atoms with Crippen molar-refractivity contribution in [2.75, 3.05) is 25.1 Å². The molecule has 0 aromatic heterocycles. The first-order valence-corrected chi connectivity index (χ1v) is 7.85. The van der Waals surface area contributed by atoms with E-state index in [1.165, 1.54) is 7.11 Å². The number of benzene rings is 2. The first kappa shape index (κ1) is 15.6. The highest BCUT2D eigenvalue weighted by molar-refractivity contribution is 5.81. The minimum Gasteiger partial charge on any atom is -0.469 e. The van der Waals surface area contributed by atoms with E-state index in [2.05, 4.69) is 4.90 Å². The highest BCUT2D eigenvalue weighted by Gasteiger charge is 2.31. The Morgan fingerprint density at radius 2 is 1.91 bits per heavy atom. The van der Waals surface area contributed by atoms with Crippen LogP contribution in [0.15, 0.2) is 54.6 Å². The van der Waals surface area contributed by atoms with Crippen molar-refractivity contribution in [3.8, 4) is 0 Å². The third-order valence-corrected chi connectivity index (χ3v) is 4.40. The highest BCUT2D eigenvalue weighted by atomic mass is 16.5. The molecule has 1 heterocycles. The van der Waals surface area contributed by atoms with Gasteiger partial charge in [0, 0.05) is 18.8 Å². The van der Waals surface area contributed by atoms with Gasteiger partial charge in [0.2, 0.25) is 0 Å². The topological polar surface area (TPSA) is 49.8 Å². The number of carbonyl (C=O) groups is 1. The zero-order valence-corrected chi connectivity index (χ0v) is 13.2. The molecule has 0 aliphatic carbocycles. The third-order valence-electron chi connectivity index (χ3n) is 4.40. The number of aliphatic hydroxyl groups is 1. The first-order chi connectivity index (χ1) is 11.2. The number of hydrogen-bond acceptors (Lipinski definition) is 4. The summed E-state index contributed by atoms with van der Waals surface area (Å²) in [6.45, 7) is 1.23. The van der Waals surface area contributed by atoms with Gasteiger partial charge in [0.1, 0.15) is 0 Å². The quantitative estimate of drug-likeness (QED) is 0.882. The van der Waals surface area contributed by atoms with Crippen LogP contribution in [0.4, 0.5) is 5.69 Å². The Morgan fingerprint density at radius 3 is 2.65 bits per heavy atom. The lowest BCUT2D eigenvalue weighted by molar-refractivity contribution is -0.142. The van der Waals surface area contributed by atoms with Crippen LogP contribution in [-0.2, 0) is 9.53 Å². The lowest BCUT2D eigenvalue weighted by Gasteiger charge is -2.35. The molecule has 3 rings (SSSR count). The number of hydrogen-bond donors (Lipinski definition) is 1. The number of aliphatic hydroxyl groups excluding tert-OH is 1. The van der Waals surface area contributed by atoms with Crippen molar-refractivity contribution in [3.63, 3.8) is 0 Å². The van der Waals surface area contributed by atoms with Crippen molar-refractivity contribution in [1.82, 2.24) is 0 Å². The summed E-state index contributed by atoms with van der Waals surface area (Å²) >= 11 is 0. The Kier molecular flexibility index (Phi) is 4.63. The van der Waals surface area contributed by atoms with Gasteiger partial charge in [-0.25, -0.2) is 0 Å². The van der Waals surface area contributed by atoms with E-state index in [0.717, 1.165) is 23.4 Å². The van der Waals surface area contributed by atoms with Crippen molar-refractivity contribution >= 4 is 11.7 Å². The van der Waals surface area contributed by atoms with Crippen molar-refractivity contribution in [2.45, 2.75) is 18.4 Å². The average Bonchev–Trinajstić information content (AvgIpc) is 2.62. The fourth-order valence-corrected chi connectivity index (χ4v) is 3.20. The molecule has 120 valence electrons. The molecule has 0 amide bonds. The van der Waals surface area contributed by atoms with E-state index >= 15 is 0 Å². The normalized spacial score (nSPS) is 18.2. The van der Waals surface area contributed by atoms with Crippen LogP contribution in [-0.4, -0.2) is 31.3 Å². The number of fused-ring (bicyclic) bond motifs is 1. The van der Waals surface area contributed by atoms with Gasteiger partial charge in [-0.3, -0.25) is 4.79 Å². The number of para-hydroxylation sites is 1. The molecule has 1 N–H and O–H groups in total. The van der Waals surface area contributed by atoms with Gasteiger partial charge in [-0.05, 0) is 23.6 Å². The molecular formula is C19H21NO3. The Labute approximate surface area is 136 Å². The maximum absolute atomic E-state index is 12.0. The number of esters is 1. The highest BCUT2D eigenvalue weighted by Crippen LogP contribution is 2.36. The molecule has 1 aliphatic heterocycles. The van der Waals surface area contributed by atoms with E-state index in [1.807, 2.05) is 54.6 Å². The summed E-state index contributed by atoms with van der Waals surface area (Å²) in [5.74, 6) is -0.415. The van der Waals surface area contributed by atoms with Gasteiger partial charge >= 0.3 is 5.97 Å². The summed E-state index contributed by atoms with van der Waals surface area (Å²) in [6, 6.07) is 17.5. The van der Waals surface area contributed by atoms with E-state index in [1.54, 1.807) is 0 Å². The molecule has 0 spiro atoms. The van der Waals surface area contributed by atoms with Gasteiger partial charge in [-0.1, -0.05) is 48.5 Å². The van der Waals surface area contributed by atoms with Crippen molar-refractivity contribution in [1.29, 1.82) is 0 Å². The van der Waals surface area contributed by atoms with E-state index in [0.29, 0.717) is 13.0 Å². The lowest BCUT2D eigenvalue weighted by atomic mass is 9.89. The van der Waals surface area contributed by atoms with Crippen molar-refractivity contribution in [3.05, 3.63) is 65.7 Å². The molecule has 2 unspecified atom stereocenters. The standard InChI is InChI=1S/C19H21NO3/c1-23-19(22)16-11-12-20(17-10-6-5-9-15(16)17)13-18(21)14-7-3-2-4-8-14/h2-10,16,18,21H,11-13H2,1H3. The molecule has 4 heteroatoms. The van der Waals surface area contributed by atoms with Crippen LogP contribution in [0.3, 0.4) is 0 Å². The minimum atomic E-state index is -0.557. The zero-order valence-electron chi connectivity index (χ0n) is 13.2. The molecule has 4 nitrogen and oxygen atoms in total. The number of methoxy groups -OCH3 is 1. The molecule has 0 saturated heterocycles. The Balaban J connectivity index is 1.83. The van der Waals surface area contributed by atoms with E-state index in [-0.39, 0.29) is 11.9 Å². The molecule has 0 fully saturated rings. The van der Waals surface area contributed by atoms with Crippen molar-refractivity contribution < 1.29 is 14.6 Å². The van der Waals surface area contributed by atoms with Gasteiger partial charge < -0.3 is 14.7 Å². The summed E-state index contributed by atoms with van der Waals surface area (Å²) < 4.78 is 4.93. The van der Waals surface area contributed by atoms with Gasteiger partial charge in [-0.15, -0.1) is 0 Å². The van der Waals surface area contributed by atoms with Crippen molar-refractivity contribution in [2.24, 2.45) is 0 Å². The van der Waals surface area contributed by atoms with E-state index in [9.17, 15) is 9.90 Å². The summed E-state index contributed by atoms with van der Waals surface area (Å²) in [5, 5.41) is 10.5. The summed E-state index contributed by atoms with van der Waals surface area (Å²) in [7, 11) is 1.43. The molecular weight excluding hydrogens is 290 g/mol. The molecule has 2 atom stereocenters. The minimum absolute atomic E-state index is 0.194. The third kappa shape index (κ3) is 3.22. The maximum Gasteiger partial charge on any atom is 0.313 e. The Bertz CT molecular complexity index is 671. The summed E-state index contributed by atoms with van der Waals surface area (Å²) in [4.78, 5) is 14.1. The molecule has 2 aromatic carbocycles. The Morgan fingerprint density at radius 1 is 1.22 bits per heavy atom. The number of anilines is 1. The largest absolute Gasteiger partial charge is 0.469 e. The molecule has 23 heavy (non-hydrogen) atoms. The molecule has 2 aromatic rings. The van der Waals surface area contributed by atoms with Crippen LogP contribution >= 0.6 is 0 Å². The van der Waals surface area contributed by atoms with Gasteiger partial charge in [0.15, 0.2) is 0 Å². The monoisotopic (exact) mass is 311 g/mol. The van der Waals surface area contributed by atoms with Crippen LogP contribution in [0.5, 0.6) is 0 Å². The average molecular weight is 311 g/mol. The Hall–Kier alpha value is -2.33. The van der Waals surface area contributed by atoms with Crippen LogP contribution in [0, 0.1) is 0 Å². The number of carbonyl (C=O) groups excluding carboxylic acids is 1. The number of rotatable bonds is 4. The second-order valence-corrected chi connectivity index (χ2v) is 5.80. The number of nitrogens with zero attached hydrogens (tertiary/aromatic N) is 1. The van der Waals surface area contributed by atoms with Gasteiger partial charge in [0.05, 0.1) is 19.1 Å². The number of β-amino-alcohol motifs (C(OH)–C–C–N with tert-alkyl or cyclic N) is 1. The molecule has 0 saturated carbocycles. The van der Waals surface area contributed by atoms with Crippen LogP contribution in [0.1, 0.15) is 29.6 Å². The van der Waals surface area contributed by atoms with Crippen LogP contribution in [0.2, 0.25) is 0 Å². The molecule has 0 radical (unpaired) electrons. The summed E-state index contributed by atoms with van der Waals surface area (Å²) in [5.41, 5.74) is 2.88. The van der Waals surface area contributed by atoms with E-state index in [4.69, 9.17) is 4.74 Å². The molecule has 0 bridgehead atoms. The van der Waals surface area contributed by atoms with Crippen LogP contribution in [0.25, 0.3) is 0 Å². The fraction of sp³-hybridized carbons (Fsp3) is 0.316. The smallest absolute Gasteiger partial charge is 0.313 e. The van der Waals surface area contributed by atoms with Crippen LogP contribution < -0.4 is 4.90 Å². The number of ether oxygens (including phenoxy) is 1. The predicted molar refractivity (Wildman–Crippen MR) is 89.4 cm³/mol. The zero-order chi connectivity index (χ0) is 16.2. The predicted octanol–water partition coefficient (Wildman–Crippen LogP) is 2.89. The summed E-state index contributed by atoms with van der Waals surface area (Å²) in [6.07, 6.45) is 0.143. The first-order valence-electron chi connectivity index (χ1n) is 7.85. The SMILES string of the molecule is COC(=O)C1CCN(CC(O)c2ccccc2)c2ccccc21. The maximum atomic E-state index is 12.0. The van der Waals surface area contributed by atoms with Gasteiger partial charge in [-0.2, -0.15) is 0 Å².